The van der Waals surface area contributed by atoms with E-state index in [4.69, 9.17) is 32.5 Å². The number of carbonyl (C=O) groups excluding carboxylic acids is 2. The van der Waals surface area contributed by atoms with Crippen LogP contribution in [0.5, 0.6) is 0 Å². The van der Waals surface area contributed by atoms with Crippen molar-refractivity contribution in [2.75, 3.05) is 62.4 Å². The highest BCUT2D eigenvalue weighted by Crippen LogP contribution is 2.41. The van der Waals surface area contributed by atoms with Gasteiger partial charge in [-0.3, -0.25) is 19.0 Å². The fourth-order valence-corrected chi connectivity index (χ4v) is 10.2. The van der Waals surface area contributed by atoms with Crippen LogP contribution in [0.15, 0.2) is 63.8 Å². The highest BCUT2D eigenvalue weighted by Gasteiger charge is 2.54. The van der Waals surface area contributed by atoms with Crippen LogP contribution in [0.4, 0.5) is 0 Å². The molecule has 1 aromatic carbocycles. The van der Waals surface area contributed by atoms with Gasteiger partial charge in [0, 0.05) is 44.9 Å². The first kappa shape index (κ1) is 38.2. The Morgan fingerprint density at radius 3 is 2.51 bits per heavy atom. The Morgan fingerprint density at radius 1 is 1.10 bits per heavy atom. The molecular weight excluding hydrogens is 756 g/mol. The number of aromatic nitrogens is 1. The number of amides is 2. The number of rotatable bonds is 16. The summed E-state index contributed by atoms with van der Waals surface area (Å²) < 4.78 is 39.9. The van der Waals surface area contributed by atoms with Crippen LogP contribution < -0.4 is 9.88 Å². The minimum absolute atomic E-state index is 0.0189. The van der Waals surface area contributed by atoms with Crippen molar-refractivity contribution in [2.45, 2.75) is 40.6 Å². The number of ether oxygens (including phenoxy) is 1. The number of morpholine rings is 1. The van der Waals surface area contributed by atoms with Gasteiger partial charge in [0.25, 0.3) is 16.0 Å². The van der Waals surface area contributed by atoms with Crippen LogP contribution in [0.2, 0.25) is 10.0 Å². The average Bonchev–Trinajstić information content (AvgIpc) is 3.06. The highest BCUT2D eigenvalue weighted by atomic mass is 35.5. The lowest BCUT2D eigenvalue weighted by Crippen LogP contribution is -2.70. The van der Waals surface area contributed by atoms with E-state index in [0.29, 0.717) is 58.2 Å². The first-order valence-electron chi connectivity index (χ1n) is 15.6. The molecule has 49 heavy (non-hydrogen) atoms. The average molecular weight is 794 g/mol. The van der Waals surface area contributed by atoms with Gasteiger partial charge >= 0.3 is 5.97 Å². The number of thioether (sulfide) groups is 3. The zero-order valence-corrected chi connectivity index (χ0v) is 31.2. The number of nitrogens with one attached hydrogen (secondary N) is 1. The zero-order chi connectivity index (χ0) is 35.2. The Hall–Kier alpha value is -2.02. The fraction of sp³-hybridized carbons (Fsp3) is 0.484. The molecule has 0 bridgehead atoms. The number of hydrogen-bond acceptors (Lipinski definition) is 9. The number of carbonyl (C=O) groups is 3. The molecule has 3 aliphatic rings. The molecule has 3 aliphatic heterocycles. The maximum absolute atomic E-state index is 13.1. The molecule has 2 aromatic rings. The molecule has 12 nitrogen and oxygen atoms in total. The van der Waals surface area contributed by atoms with Crippen LogP contribution >= 0.6 is 58.5 Å². The maximum Gasteiger partial charge on any atom is 0.352 e. The zero-order valence-electron chi connectivity index (χ0n) is 26.5. The quantitative estimate of drug-likeness (QED) is 0.0754. The molecule has 5 rings (SSSR count). The Bertz CT molecular complexity index is 1690. The van der Waals surface area contributed by atoms with Crippen LogP contribution in [0, 0.1) is 0 Å². The molecule has 3 N–H and O–H groups in total. The third-order valence-corrected chi connectivity index (χ3v) is 13.6. The van der Waals surface area contributed by atoms with E-state index < -0.39 is 33.4 Å². The number of β-lactam (4-membered cyclic amide) rings is 1. The maximum atomic E-state index is 13.1. The van der Waals surface area contributed by atoms with Gasteiger partial charge in [0.1, 0.15) is 30.2 Å². The molecule has 0 saturated carbocycles. The number of carboxylic acid groups (broad SMARTS) is 1. The molecule has 2 fully saturated rings. The number of fused-ring (bicyclic) bond motifs is 1. The number of quaternary nitrogens is 1. The summed E-state index contributed by atoms with van der Waals surface area (Å²) in [7, 11) is -3.98. The number of halogens is 2. The predicted octanol–water partition coefficient (Wildman–Crippen LogP) is 3.42. The molecule has 2 amide bonds. The first-order chi connectivity index (χ1) is 23.3. The van der Waals surface area contributed by atoms with Gasteiger partial charge in [-0.05, 0) is 23.8 Å². The SMILES string of the molecule is O=C(CSc1cc(Cl)ccc1Cl)NC1C(=O)N2C(C(=O)O)=C(CSc3cc[n+](CCC[N+]4(CCCS(=O)(=O)O)CCOCC4)cc3)CSC12. The summed E-state index contributed by atoms with van der Waals surface area (Å²) in [6.07, 6.45) is 5.25. The summed E-state index contributed by atoms with van der Waals surface area (Å²) in [5.74, 6) is -1.37. The van der Waals surface area contributed by atoms with Crippen LogP contribution in [-0.2, 0) is 35.8 Å². The smallest absolute Gasteiger partial charge is 0.352 e. The summed E-state index contributed by atoms with van der Waals surface area (Å²) in [5, 5.41) is 13.3. The molecule has 2 atom stereocenters. The van der Waals surface area contributed by atoms with Gasteiger partial charge in [-0.15, -0.1) is 35.3 Å². The minimum atomic E-state index is -3.98. The predicted molar refractivity (Wildman–Crippen MR) is 190 cm³/mol. The van der Waals surface area contributed by atoms with Crippen molar-refractivity contribution < 1.29 is 46.2 Å². The summed E-state index contributed by atoms with van der Waals surface area (Å²) in [5.41, 5.74) is 0.628. The van der Waals surface area contributed by atoms with Crippen molar-refractivity contribution in [1.29, 1.82) is 0 Å². The number of carboxylic acids is 1. The van der Waals surface area contributed by atoms with E-state index >= 15 is 0 Å². The molecule has 2 saturated heterocycles. The Morgan fingerprint density at radius 2 is 1.82 bits per heavy atom. The second-order valence-electron chi connectivity index (χ2n) is 12.0. The second-order valence-corrected chi connectivity index (χ2v) is 17.6. The molecule has 0 radical (unpaired) electrons. The van der Waals surface area contributed by atoms with E-state index in [0.717, 1.165) is 42.0 Å². The highest BCUT2D eigenvalue weighted by molar-refractivity contribution is 8.01. The van der Waals surface area contributed by atoms with Crippen LogP contribution in [0.25, 0.3) is 0 Å². The molecular formula is C31H38Cl2N4O8S4+2. The number of aliphatic carboxylic acids is 1. The second kappa shape index (κ2) is 17.0. The van der Waals surface area contributed by atoms with E-state index in [1.54, 1.807) is 18.2 Å². The Kier molecular flexibility index (Phi) is 13.3. The van der Waals surface area contributed by atoms with Crippen molar-refractivity contribution in [2.24, 2.45) is 0 Å². The largest absolute Gasteiger partial charge is 0.477 e. The molecule has 0 aliphatic carbocycles. The third kappa shape index (κ3) is 10.3. The van der Waals surface area contributed by atoms with Gasteiger partial charge in [-0.25, -0.2) is 9.36 Å². The van der Waals surface area contributed by atoms with Gasteiger partial charge in [-0.1, -0.05) is 23.2 Å². The van der Waals surface area contributed by atoms with E-state index in [9.17, 15) is 27.9 Å². The molecule has 2 unspecified atom stereocenters. The van der Waals surface area contributed by atoms with E-state index in [1.807, 2.05) is 24.5 Å². The van der Waals surface area contributed by atoms with Crippen molar-refractivity contribution in [3.05, 3.63) is 64.0 Å². The Labute approximate surface area is 308 Å². The van der Waals surface area contributed by atoms with Gasteiger partial charge in [-0.2, -0.15) is 8.42 Å². The van der Waals surface area contributed by atoms with Gasteiger partial charge in [0.15, 0.2) is 18.9 Å². The van der Waals surface area contributed by atoms with Crippen LogP contribution in [0.1, 0.15) is 12.8 Å². The number of hydrogen-bond donors (Lipinski definition) is 3. The molecule has 266 valence electrons. The van der Waals surface area contributed by atoms with Crippen molar-refractivity contribution >= 4 is 86.4 Å². The van der Waals surface area contributed by atoms with E-state index in [2.05, 4.69) is 9.88 Å². The summed E-state index contributed by atoms with van der Waals surface area (Å²) in [6, 6.07) is 8.11. The van der Waals surface area contributed by atoms with E-state index in [1.165, 1.54) is 40.2 Å². The lowest BCUT2D eigenvalue weighted by atomic mass is 10.0. The molecule has 1 aromatic heterocycles. The third-order valence-electron chi connectivity index (χ3n) is 8.60. The summed E-state index contributed by atoms with van der Waals surface area (Å²) in [6.45, 7) is 5.22. The van der Waals surface area contributed by atoms with Crippen molar-refractivity contribution in [3.8, 4) is 0 Å². The van der Waals surface area contributed by atoms with Crippen molar-refractivity contribution in [1.82, 2.24) is 10.2 Å². The lowest BCUT2D eigenvalue weighted by Gasteiger charge is -2.49. The lowest BCUT2D eigenvalue weighted by molar-refractivity contribution is -0.937. The number of nitrogens with zero attached hydrogens (tertiary/aromatic N) is 3. The monoisotopic (exact) mass is 792 g/mol. The van der Waals surface area contributed by atoms with Gasteiger partial charge < -0.3 is 19.6 Å². The molecule has 0 spiro atoms. The van der Waals surface area contributed by atoms with Crippen molar-refractivity contribution in [3.63, 3.8) is 0 Å². The Balaban J connectivity index is 1.11. The first-order valence-corrected chi connectivity index (χ1v) is 21.0. The van der Waals surface area contributed by atoms with Crippen LogP contribution in [-0.4, -0.2) is 119 Å². The number of pyridine rings is 1. The van der Waals surface area contributed by atoms with Gasteiger partial charge in [0.05, 0.1) is 49.3 Å². The molecule has 4 heterocycles. The number of benzene rings is 1. The van der Waals surface area contributed by atoms with Gasteiger partial charge in [0.2, 0.25) is 5.91 Å². The summed E-state index contributed by atoms with van der Waals surface area (Å²) in [4.78, 5) is 40.9. The topological polar surface area (TPSA) is 154 Å². The molecule has 18 heteroatoms. The fourth-order valence-electron chi connectivity index (χ4n) is 6.06. The van der Waals surface area contributed by atoms with Crippen LogP contribution in [0.3, 0.4) is 0 Å². The minimum Gasteiger partial charge on any atom is -0.477 e. The number of aryl methyl sites for hydroxylation is 1. The standard InChI is InChI=1S/C31H36Cl2N4O8S4/c32-22-3-4-24(33)25(17-22)47-20-26(38)34-27-29(39)36-28(31(40)41)21(19-48-30(27)36)18-46-23-5-8-35(9-6-23)7-1-10-37(12-14-45-15-13-37)11-2-16-49(42,43)44/h3-6,8-9,17,27,30H,1-2,7,10-16,18-20H2,(H-2,34,38,40,41,42,43,44)/p+2. The van der Waals surface area contributed by atoms with E-state index in [-0.39, 0.29) is 23.1 Å². The summed E-state index contributed by atoms with van der Waals surface area (Å²) >= 11 is 16.3. The normalized spacial score (nSPS) is 20.5.